The van der Waals surface area contributed by atoms with Crippen LogP contribution in [0.5, 0.6) is 0 Å². The maximum atomic E-state index is 13.6. The van der Waals surface area contributed by atoms with Gasteiger partial charge in [-0.15, -0.1) is 0 Å². The second-order valence-corrected chi connectivity index (χ2v) is 5.28. The molecule has 104 valence electrons. The van der Waals surface area contributed by atoms with Gasteiger partial charge in [0, 0.05) is 34.8 Å². The summed E-state index contributed by atoms with van der Waals surface area (Å²) in [5.41, 5.74) is 0.831. The van der Waals surface area contributed by atoms with Gasteiger partial charge in [-0.3, -0.25) is 4.79 Å². The van der Waals surface area contributed by atoms with Gasteiger partial charge in [0.15, 0.2) is 0 Å². The number of rotatable bonds is 3. The molecule has 0 unspecified atom stereocenters. The average Bonchev–Trinajstić information content (AvgIpc) is 2.39. The lowest BCUT2D eigenvalue weighted by molar-refractivity contribution is 0.0784. The van der Waals surface area contributed by atoms with Gasteiger partial charge in [-0.25, -0.2) is 4.39 Å². The van der Waals surface area contributed by atoms with Crippen molar-refractivity contribution >= 4 is 29.1 Å². The van der Waals surface area contributed by atoms with E-state index in [0.29, 0.717) is 21.2 Å². The highest BCUT2D eigenvalue weighted by atomic mass is 35.5. The van der Waals surface area contributed by atoms with Crippen molar-refractivity contribution in [3.63, 3.8) is 0 Å². The third kappa shape index (κ3) is 3.50. The van der Waals surface area contributed by atoms with Crippen molar-refractivity contribution in [3.05, 3.63) is 69.5 Å². The molecule has 0 heterocycles. The second-order valence-electron chi connectivity index (χ2n) is 4.41. The Hall–Kier alpha value is -1.58. The molecule has 0 bridgehead atoms. The standard InChI is InChI=1S/C15H12Cl2FNO/c1-19(9-10-4-2-3-5-14(10)18)15(20)11-6-12(16)8-13(17)7-11/h2-8H,9H2,1H3. The molecule has 0 aromatic heterocycles. The van der Waals surface area contributed by atoms with Crippen LogP contribution in [0.1, 0.15) is 15.9 Å². The zero-order valence-corrected chi connectivity index (χ0v) is 12.2. The number of hydrogen-bond acceptors (Lipinski definition) is 1. The van der Waals surface area contributed by atoms with Gasteiger partial charge in [-0.1, -0.05) is 41.4 Å². The molecule has 0 radical (unpaired) electrons. The van der Waals surface area contributed by atoms with E-state index >= 15 is 0 Å². The summed E-state index contributed by atoms with van der Waals surface area (Å²) in [4.78, 5) is 13.7. The first-order valence-electron chi connectivity index (χ1n) is 5.92. The van der Waals surface area contributed by atoms with E-state index in [1.54, 1.807) is 31.3 Å². The number of benzene rings is 2. The van der Waals surface area contributed by atoms with Crippen LogP contribution < -0.4 is 0 Å². The Labute approximate surface area is 126 Å². The molecule has 2 aromatic rings. The van der Waals surface area contributed by atoms with E-state index in [1.807, 2.05) is 0 Å². The van der Waals surface area contributed by atoms with Crippen molar-refractivity contribution in [3.8, 4) is 0 Å². The molecule has 0 fully saturated rings. The van der Waals surface area contributed by atoms with E-state index < -0.39 is 0 Å². The summed E-state index contributed by atoms with van der Waals surface area (Å²) in [6.07, 6.45) is 0. The molecule has 0 saturated heterocycles. The Morgan fingerprint density at radius 3 is 2.35 bits per heavy atom. The first-order valence-corrected chi connectivity index (χ1v) is 6.68. The molecular formula is C15H12Cl2FNO. The Bertz CT molecular complexity index is 625. The summed E-state index contributed by atoms with van der Waals surface area (Å²) in [5, 5.41) is 0.778. The number of amides is 1. The van der Waals surface area contributed by atoms with Crippen molar-refractivity contribution in [1.29, 1.82) is 0 Å². The first-order chi connectivity index (χ1) is 9.47. The number of hydrogen-bond donors (Lipinski definition) is 0. The minimum absolute atomic E-state index is 0.176. The summed E-state index contributed by atoms with van der Waals surface area (Å²) < 4.78 is 13.6. The minimum Gasteiger partial charge on any atom is -0.337 e. The highest BCUT2D eigenvalue weighted by molar-refractivity contribution is 6.35. The maximum Gasteiger partial charge on any atom is 0.254 e. The van der Waals surface area contributed by atoms with Crippen LogP contribution in [0.15, 0.2) is 42.5 Å². The first kappa shape index (κ1) is 14.8. The van der Waals surface area contributed by atoms with Crippen molar-refractivity contribution in [2.24, 2.45) is 0 Å². The molecule has 1 amide bonds. The van der Waals surface area contributed by atoms with Gasteiger partial charge in [0.2, 0.25) is 0 Å². The smallest absolute Gasteiger partial charge is 0.254 e. The predicted octanol–water partition coefficient (Wildman–Crippen LogP) is 4.40. The quantitative estimate of drug-likeness (QED) is 0.822. The number of nitrogens with zero attached hydrogens (tertiary/aromatic N) is 1. The topological polar surface area (TPSA) is 20.3 Å². The van der Waals surface area contributed by atoms with Crippen LogP contribution in [0, 0.1) is 5.82 Å². The van der Waals surface area contributed by atoms with E-state index in [2.05, 4.69) is 0 Å². The van der Waals surface area contributed by atoms with E-state index in [4.69, 9.17) is 23.2 Å². The van der Waals surface area contributed by atoms with Crippen molar-refractivity contribution in [2.75, 3.05) is 7.05 Å². The highest BCUT2D eigenvalue weighted by Gasteiger charge is 2.14. The molecule has 0 aliphatic heterocycles. The van der Waals surface area contributed by atoms with Gasteiger partial charge < -0.3 is 4.90 Å². The molecule has 20 heavy (non-hydrogen) atoms. The van der Waals surface area contributed by atoms with Gasteiger partial charge >= 0.3 is 0 Å². The van der Waals surface area contributed by atoms with E-state index in [0.717, 1.165) is 0 Å². The summed E-state index contributed by atoms with van der Waals surface area (Å²) in [6, 6.07) is 11.0. The molecule has 0 atom stereocenters. The van der Waals surface area contributed by atoms with Crippen LogP contribution in [-0.2, 0) is 6.54 Å². The second kappa shape index (κ2) is 6.25. The van der Waals surface area contributed by atoms with Crippen LogP contribution in [0.3, 0.4) is 0 Å². The fourth-order valence-electron chi connectivity index (χ4n) is 1.85. The van der Waals surface area contributed by atoms with E-state index in [9.17, 15) is 9.18 Å². The summed E-state index contributed by atoms with van der Waals surface area (Å²) in [7, 11) is 1.60. The van der Waals surface area contributed by atoms with Crippen molar-refractivity contribution < 1.29 is 9.18 Å². The summed E-state index contributed by atoms with van der Waals surface area (Å²) in [6.45, 7) is 0.176. The van der Waals surface area contributed by atoms with Gasteiger partial charge in [-0.05, 0) is 24.3 Å². The van der Waals surface area contributed by atoms with E-state index in [-0.39, 0.29) is 18.3 Å². The fourth-order valence-corrected chi connectivity index (χ4v) is 2.38. The third-order valence-electron chi connectivity index (χ3n) is 2.82. The van der Waals surface area contributed by atoms with E-state index in [1.165, 1.54) is 23.1 Å². The molecular weight excluding hydrogens is 300 g/mol. The zero-order valence-electron chi connectivity index (χ0n) is 10.7. The molecule has 0 aliphatic carbocycles. The molecule has 0 spiro atoms. The minimum atomic E-state index is -0.337. The van der Waals surface area contributed by atoms with Gasteiger partial charge in [0.05, 0.1) is 0 Å². The molecule has 0 aliphatic rings. The SMILES string of the molecule is CN(Cc1ccccc1F)C(=O)c1cc(Cl)cc(Cl)c1. The molecule has 2 aromatic carbocycles. The molecule has 2 rings (SSSR count). The average molecular weight is 312 g/mol. The third-order valence-corrected chi connectivity index (χ3v) is 3.26. The number of carbonyl (C=O) groups excluding carboxylic acids is 1. The Kier molecular flexibility index (Phi) is 4.63. The zero-order chi connectivity index (χ0) is 14.7. The lowest BCUT2D eigenvalue weighted by Crippen LogP contribution is -2.26. The van der Waals surface area contributed by atoms with Crippen molar-refractivity contribution in [2.45, 2.75) is 6.54 Å². The Morgan fingerprint density at radius 2 is 1.75 bits per heavy atom. The highest BCUT2D eigenvalue weighted by Crippen LogP contribution is 2.20. The van der Waals surface area contributed by atoms with Gasteiger partial charge in [-0.2, -0.15) is 0 Å². The monoisotopic (exact) mass is 311 g/mol. The molecule has 5 heteroatoms. The van der Waals surface area contributed by atoms with Crippen molar-refractivity contribution in [1.82, 2.24) is 4.90 Å². The fraction of sp³-hybridized carbons (Fsp3) is 0.133. The maximum absolute atomic E-state index is 13.6. The summed E-state index contributed by atoms with van der Waals surface area (Å²) in [5.74, 6) is -0.603. The largest absolute Gasteiger partial charge is 0.337 e. The summed E-state index contributed by atoms with van der Waals surface area (Å²) >= 11 is 11.7. The molecule has 0 saturated carbocycles. The van der Waals surface area contributed by atoms with Crippen LogP contribution >= 0.6 is 23.2 Å². The predicted molar refractivity (Wildman–Crippen MR) is 78.7 cm³/mol. The number of carbonyl (C=O) groups is 1. The normalized spacial score (nSPS) is 10.4. The van der Waals surface area contributed by atoms with Gasteiger partial charge in [0.25, 0.3) is 5.91 Å². The van der Waals surface area contributed by atoms with Crippen LogP contribution in [0.2, 0.25) is 10.0 Å². The van der Waals surface area contributed by atoms with Crippen LogP contribution in [0.4, 0.5) is 4.39 Å². The van der Waals surface area contributed by atoms with Gasteiger partial charge in [0.1, 0.15) is 5.82 Å². The molecule has 0 N–H and O–H groups in total. The molecule has 2 nitrogen and oxygen atoms in total. The van der Waals surface area contributed by atoms with Crippen LogP contribution in [-0.4, -0.2) is 17.9 Å². The van der Waals surface area contributed by atoms with Crippen LogP contribution in [0.25, 0.3) is 0 Å². The lowest BCUT2D eigenvalue weighted by atomic mass is 10.1. The lowest BCUT2D eigenvalue weighted by Gasteiger charge is -2.18. The number of halogens is 3. The Balaban J connectivity index is 2.18. The Morgan fingerprint density at radius 1 is 1.15 bits per heavy atom.